The Balaban J connectivity index is 2.27. The van der Waals surface area contributed by atoms with Crippen LogP contribution in [-0.2, 0) is 9.84 Å². The van der Waals surface area contributed by atoms with E-state index in [1.54, 1.807) is 0 Å². The first-order valence-electron chi connectivity index (χ1n) is 6.05. The van der Waals surface area contributed by atoms with Gasteiger partial charge in [0.05, 0.1) is 28.5 Å². The van der Waals surface area contributed by atoms with Gasteiger partial charge < -0.3 is 10.1 Å². The van der Waals surface area contributed by atoms with Gasteiger partial charge in [0.25, 0.3) is 5.56 Å². The SMILES string of the molecule is O=c1[nH]c2ccc(O)cc2c(=O)n1C1CCS(=O)(=O)C1. The number of aromatic amines is 1. The van der Waals surface area contributed by atoms with Crippen LogP contribution < -0.4 is 11.2 Å². The molecule has 1 unspecified atom stereocenters. The highest BCUT2D eigenvalue weighted by atomic mass is 32.2. The summed E-state index contributed by atoms with van der Waals surface area (Å²) in [4.78, 5) is 26.9. The van der Waals surface area contributed by atoms with Crippen molar-refractivity contribution >= 4 is 20.7 Å². The maximum absolute atomic E-state index is 12.3. The molecule has 0 spiro atoms. The quantitative estimate of drug-likeness (QED) is 0.754. The van der Waals surface area contributed by atoms with E-state index in [9.17, 15) is 23.1 Å². The zero-order valence-electron chi connectivity index (χ0n) is 10.4. The normalized spacial score (nSPS) is 21.3. The summed E-state index contributed by atoms with van der Waals surface area (Å²) in [7, 11) is -3.20. The van der Waals surface area contributed by atoms with E-state index < -0.39 is 27.1 Å². The summed E-state index contributed by atoms with van der Waals surface area (Å²) in [5.41, 5.74) is -0.896. The largest absolute Gasteiger partial charge is 0.508 e. The molecule has 7 nitrogen and oxygen atoms in total. The lowest BCUT2D eigenvalue weighted by atomic mass is 10.2. The molecule has 3 rings (SSSR count). The maximum atomic E-state index is 12.3. The molecule has 0 amide bonds. The predicted molar refractivity (Wildman–Crippen MR) is 72.8 cm³/mol. The van der Waals surface area contributed by atoms with E-state index in [2.05, 4.69) is 4.98 Å². The molecule has 1 saturated heterocycles. The Labute approximate surface area is 113 Å². The van der Waals surface area contributed by atoms with Crippen molar-refractivity contribution in [1.29, 1.82) is 0 Å². The summed E-state index contributed by atoms with van der Waals surface area (Å²) in [5, 5.41) is 9.59. The molecule has 1 aromatic heterocycles. The first kappa shape index (κ1) is 12.9. The Morgan fingerprint density at radius 1 is 1.30 bits per heavy atom. The second-order valence-electron chi connectivity index (χ2n) is 4.89. The van der Waals surface area contributed by atoms with Gasteiger partial charge in [-0.05, 0) is 24.6 Å². The lowest BCUT2D eigenvalue weighted by Crippen LogP contribution is -2.38. The molecule has 8 heteroatoms. The van der Waals surface area contributed by atoms with Crippen LogP contribution in [0.1, 0.15) is 12.5 Å². The van der Waals surface area contributed by atoms with Gasteiger partial charge in [0.2, 0.25) is 0 Å². The van der Waals surface area contributed by atoms with Gasteiger partial charge in [0, 0.05) is 0 Å². The maximum Gasteiger partial charge on any atom is 0.329 e. The molecule has 0 radical (unpaired) electrons. The number of benzene rings is 1. The number of phenols is 1. The Kier molecular flexibility index (Phi) is 2.72. The minimum atomic E-state index is -3.20. The van der Waals surface area contributed by atoms with E-state index in [4.69, 9.17) is 0 Å². The average molecular weight is 296 g/mol. The third-order valence-electron chi connectivity index (χ3n) is 3.49. The molecule has 0 saturated carbocycles. The standard InChI is InChI=1S/C12H12N2O5S/c15-8-1-2-10-9(5-8)11(16)14(12(17)13-10)7-3-4-20(18,19)6-7/h1-2,5,7,15H,3-4,6H2,(H,13,17). The fraction of sp³-hybridized carbons (Fsp3) is 0.333. The Hall–Kier alpha value is -2.09. The summed E-state index contributed by atoms with van der Waals surface area (Å²) in [6, 6.07) is 3.40. The van der Waals surface area contributed by atoms with Crippen molar-refractivity contribution in [1.82, 2.24) is 9.55 Å². The molecular weight excluding hydrogens is 284 g/mol. The van der Waals surface area contributed by atoms with Gasteiger partial charge in [-0.1, -0.05) is 0 Å². The van der Waals surface area contributed by atoms with Crippen LogP contribution in [-0.4, -0.2) is 34.6 Å². The fourth-order valence-corrected chi connectivity index (χ4v) is 4.23. The molecule has 1 aliphatic heterocycles. The number of sulfone groups is 1. The minimum Gasteiger partial charge on any atom is -0.508 e. The minimum absolute atomic E-state index is 0.0262. The van der Waals surface area contributed by atoms with E-state index in [0.717, 1.165) is 4.57 Å². The first-order chi connectivity index (χ1) is 9.37. The van der Waals surface area contributed by atoms with Crippen molar-refractivity contribution in [2.75, 3.05) is 11.5 Å². The highest BCUT2D eigenvalue weighted by Gasteiger charge is 2.31. The molecule has 1 aliphatic rings. The highest BCUT2D eigenvalue weighted by Crippen LogP contribution is 2.21. The number of hydrogen-bond donors (Lipinski definition) is 2. The molecule has 2 N–H and O–H groups in total. The van der Waals surface area contributed by atoms with E-state index >= 15 is 0 Å². The zero-order valence-corrected chi connectivity index (χ0v) is 11.2. The Morgan fingerprint density at radius 2 is 2.05 bits per heavy atom. The molecule has 2 heterocycles. The molecule has 1 fully saturated rings. The zero-order chi connectivity index (χ0) is 14.5. The van der Waals surface area contributed by atoms with Crippen molar-refractivity contribution in [3.8, 4) is 5.75 Å². The first-order valence-corrected chi connectivity index (χ1v) is 7.87. The molecule has 1 aromatic carbocycles. The van der Waals surface area contributed by atoms with Gasteiger partial charge >= 0.3 is 5.69 Å². The molecular formula is C12H12N2O5S. The number of nitrogens with one attached hydrogen (secondary N) is 1. The third kappa shape index (κ3) is 2.01. The highest BCUT2D eigenvalue weighted by molar-refractivity contribution is 7.91. The lowest BCUT2D eigenvalue weighted by Gasteiger charge is -2.11. The van der Waals surface area contributed by atoms with Crippen molar-refractivity contribution < 1.29 is 13.5 Å². The summed E-state index contributed by atoms with van der Waals surface area (Å²) < 4.78 is 23.9. The number of hydrogen-bond acceptors (Lipinski definition) is 5. The number of aromatic nitrogens is 2. The van der Waals surface area contributed by atoms with E-state index in [0.29, 0.717) is 5.52 Å². The van der Waals surface area contributed by atoms with Crippen LogP contribution in [0.15, 0.2) is 27.8 Å². The molecule has 0 aliphatic carbocycles. The number of rotatable bonds is 1. The van der Waals surface area contributed by atoms with Crippen LogP contribution in [0.2, 0.25) is 0 Å². The average Bonchev–Trinajstić information content (AvgIpc) is 2.71. The lowest BCUT2D eigenvalue weighted by molar-refractivity contribution is 0.475. The second-order valence-corrected chi connectivity index (χ2v) is 7.12. The van der Waals surface area contributed by atoms with Gasteiger partial charge in [-0.2, -0.15) is 0 Å². The van der Waals surface area contributed by atoms with Crippen molar-refractivity contribution in [2.45, 2.75) is 12.5 Å². The van der Waals surface area contributed by atoms with Gasteiger partial charge in [-0.3, -0.25) is 9.36 Å². The third-order valence-corrected chi connectivity index (χ3v) is 5.24. The van der Waals surface area contributed by atoms with Gasteiger partial charge in [-0.15, -0.1) is 0 Å². The van der Waals surface area contributed by atoms with Crippen LogP contribution in [0.25, 0.3) is 10.9 Å². The van der Waals surface area contributed by atoms with Crippen LogP contribution in [0.4, 0.5) is 0 Å². The Morgan fingerprint density at radius 3 is 2.70 bits per heavy atom. The number of nitrogens with zero attached hydrogens (tertiary/aromatic N) is 1. The van der Waals surface area contributed by atoms with Crippen LogP contribution in [0.3, 0.4) is 0 Å². The molecule has 2 aromatic rings. The van der Waals surface area contributed by atoms with Gasteiger partial charge in [-0.25, -0.2) is 13.2 Å². The topological polar surface area (TPSA) is 109 Å². The predicted octanol–water partition coefficient (Wildman–Crippen LogP) is -0.245. The summed E-state index contributed by atoms with van der Waals surface area (Å²) in [5.74, 6) is -0.325. The van der Waals surface area contributed by atoms with Gasteiger partial charge in [0.1, 0.15) is 5.75 Å². The van der Waals surface area contributed by atoms with Crippen LogP contribution in [0.5, 0.6) is 5.75 Å². The Bertz CT molecular complexity index is 910. The monoisotopic (exact) mass is 296 g/mol. The smallest absolute Gasteiger partial charge is 0.329 e. The summed E-state index contributed by atoms with van der Waals surface area (Å²) in [6.07, 6.45) is 0.246. The molecule has 20 heavy (non-hydrogen) atoms. The van der Waals surface area contributed by atoms with Gasteiger partial charge in [0.15, 0.2) is 9.84 Å². The summed E-state index contributed by atoms with van der Waals surface area (Å²) in [6.45, 7) is 0. The second kappa shape index (κ2) is 4.20. The number of fused-ring (bicyclic) bond motifs is 1. The van der Waals surface area contributed by atoms with Crippen molar-refractivity contribution in [3.63, 3.8) is 0 Å². The molecule has 106 valence electrons. The number of aromatic hydroxyl groups is 1. The fourth-order valence-electron chi connectivity index (χ4n) is 2.53. The van der Waals surface area contributed by atoms with E-state index in [-0.39, 0.29) is 29.1 Å². The van der Waals surface area contributed by atoms with Crippen molar-refractivity contribution in [2.24, 2.45) is 0 Å². The number of H-pyrrole nitrogens is 1. The molecule has 0 bridgehead atoms. The van der Waals surface area contributed by atoms with E-state index in [1.165, 1.54) is 18.2 Å². The molecule has 1 atom stereocenters. The van der Waals surface area contributed by atoms with Crippen LogP contribution in [0, 0.1) is 0 Å². The van der Waals surface area contributed by atoms with E-state index in [1.807, 2.05) is 0 Å². The number of phenolic OH excluding ortho intramolecular Hbond substituents is 1. The van der Waals surface area contributed by atoms with Crippen LogP contribution >= 0.6 is 0 Å². The van der Waals surface area contributed by atoms with Crippen molar-refractivity contribution in [3.05, 3.63) is 39.0 Å². The summed E-state index contributed by atoms with van der Waals surface area (Å²) >= 11 is 0.